The molecule has 1 heterocycles. The van der Waals surface area contributed by atoms with Crippen molar-refractivity contribution < 1.29 is 4.74 Å². The lowest BCUT2D eigenvalue weighted by Gasteiger charge is -2.07. The first-order valence-corrected chi connectivity index (χ1v) is 6.72. The van der Waals surface area contributed by atoms with Crippen LogP contribution >= 0.6 is 0 Å². The SMILES string of the molecule is c1ccc(OCCCNCCc2ccncc2)cc1. The van der Waals surface area contributed by atoms with Crippen molar-refractivity contribution in [2.24, 2.45) is 0 Å². The van der Waals surface area contributed by atoms with Crippen LogP contribution in [0.2, 0.25) is 0 Å². The maximum Gasteiger partial charge on any atom is 0.119 e. The Morgan fingerprint density at radius 1 is 0.947 bits per heavy atom. The highest BCUT2D eigenvalue weighted by molar-refractivity contribution is 5.20. The standard InChI is InChI=1S/C16H20N2O/c1-2-5-16(6-3-1)19-14-4-10-17-11-7-15-8-12-18-13-9-15/h1-3,5-6,8-9,12-13,17H,4,7,10-11,14H2. The Kier molecular flexibility index (Phi) is 5.90. The number of nitrogens with one attached hydrogen (secondary N) is 1. The minimum absolute atomic E-state index is 0.756. The summed E-state index contributed by atoms with van der Waals surface area (Å²) >= 11 is 0. The molecule has 3 heteroatoms. The molecule has 100 valence electrons. The molecule has 2 rings (SSSR count). The van der Waals surface area contributed by atoms with E-state index in [1.54, 1.807) is 0 Å². The highest BCUT2D eigenvalue weighted by atomic mass is 16.5. The predicted octanol–water partition coefficient (Wildman–Crippen LogP) is 2.68. The van der Waals surface area contributed by atoms with Gasteiger partial charge in [0, 0.05) is 12.4 Å². The maximum atomic E-state index is 5.62. The molecule has 0 bridgehead atoms. The lowest BCUT2D eigenvalue weighted by Crippen LogP contribution is -2.20. The van der Waals surface area contributed by atoms with Crippen LogP contribution in [0.4, 0.5) is 0 Å². The predicted molar refractivity (Wildman–Crippen MR) is 77.4 cm³/mol. The Morgan fingerprint density at radius 3 is 2.53 bits per heavy atom. The van der Waals surface area contributed by atoms with Gasteiger partial charge < -0.3 is 10.1 Å². The van der Waals surface area contributed by atoms with Crippen LogP contribution in [0.1, 0.15) is 12.0 Å². The van der Waals surface area contributed by atoms with E-state index in [4.69, 9.17) is 4.74 Å². The maximum absolute atomic E-state index is 5.62. The van der Waals surface area contributed by atoms with Crippen LogP contribution in [-0.4, -0.2) is 24.7 Å². The molecule has 2 aromatic rings. The van der Waals surface area contributed by atoms with Crippen molar-refractivity contribution in [1.82, 2.24) is 10.3 Å². The van der Waals surface area contributed by atoms with Gasteiger partial charge in [-0.1, -0.05) is 18.2 Å². The summed E-state index contributed by atoms with van der Waals surface area (Å²) in [5.41, 5.74) is 1.32. The number of para-hydroxylation sites is 1. The van der Waals surface area contributed by atoms with Gasteiger partial charge >= 0.3 is 0 Å². The number of nitrogens with zero attached hydrogens (tertiary/aromatic N) is 1. The molecular weight excluding hydrogens is 236 g/mol. The van der Waals surface area contributed by atoms with E-state index in [0.29, 0.717) is 0 Å². The number of hydrogen-bond donors (Lipinski definition) is 1. The Balaban J connectivity index is 1.49. The van der Waals surface area contributed by atoms with E-state index in [0.717, 1.165) is 38.3 Å². The molecule has 0 radical (unpaired) electrons. The van der Waals surface area contributed by atoms with Crippen molar-refractivity contribution >= 4 is 0 Å². The zero-order valence-electron chi connectivity index (χ0n) is 11.1. The van der Waals surface area contributed by atoms with Gasteiger partial charge in [0.15, 0.2) is 0 Å². The monoisotopic (exact) mass is 256 g/mol. The van der Waals surface area contributed by atoms with Crippen LogP contribution in [0.15, 0.2) is 54.9 Å². The van der Waals surface area contributed by atoms with Gasteiger partial charge in [-0.25, -0.2) is 0 Å². The van der Waals surface area contributed by atoms with Gasteiger partial charge in [0.05, 0.1) is 6.61 Å². The average molecular weight is 256 g/mol. The van der Waals surface area contributed by atoms with Crippen LogP contribution in [-0.2, 0) is 6.42 Å². The summed E-state index contributed by atoms with van der Waals surface area (Å²) in [6, 6.07) is 14.0. The molecule has 3 nitrogen and oxygen atoms in total. The number of aromatic nitrogens is 1. The third-order valence-electron chi connectivity index (χ3n) is 2.85. The largest absolute Gasteiger partial charge is 0.494 e. The highest BCUT2D eigenvalue weighted by Crippen LogP contribution is 2.07. The molecule has 0 aliphatic rings. The van der Waals surface area contributed by atoms with Gasteiger partial charge in [-0.2, -0.15) is 0 Å². The summed E-state index contributed by atoms with van der Waals surface area (Å²) in [5.74, 6) is 0.944. The van der Waals surface area contributed by atoms with E-state index in [1.807, 2.05) is 42.7 Å². The van der Waals surface area contributed by atoms with Gasteiger partial charge in [0.1, 0.15) is 5.75 Å². The smallest absolute Gasteiger partial charge is 0.119 e. The summed E-state index contributed by atoms with van der Waals surface area (Å²) in [7, 11) is 0. The summed E-state index contributed by atoms with van der Waals surface area (Å²) in [6.45, 7) is 2.74. The normalized spacial score (nSPS) is 10.3. The van der Waals surface area contributed by atoms with E-state index < -0.39 is 0 Å². The second kappa shape index (κ2) is 8.27. The first-order chi connectivity index (χ1) is 9.45. The van der Waals surface area contributed by atoms with E-state index >= 15 is 0 Å². The van der Waals surface area contributed by atoms with Crippen molar-refractivity contribution in [3.8, 4) is 5.75 Å². The van der Waals surface area contributed by atoms with Crippen molar-refractivity contribution in [3.63, 3.8) is 0 Å². The molecule has 0 saturated carbocycles. The minimum atomic E-state index is 0.756. The van der Waals surface area contributed by atoms with Crippen LogP contribution < -0.4 is 10.1 Å². The Hall–Kier alpha value is -1.87. The molecule has 0 amide bonds. The lowest BCUT2D eigenvalue weighted by atomic mass is 10.2. The Labute approximate surface area is 114 Å². The second-order valence-corrected chi connectivity index (χ2v) is 4.37. The Bertz CT molecular complexity index is 401. The van der Waals surface area contributed by atoms with Gasteiger partial charge in [-0.15, -0.1) is 0 Å². The highest BCUT2D eigenvalue weighted by Gasteiger charge is 1.93. The first kappa shape index (κ1) is 13.6. The number of hydrogen-bond acceptors (Lipinski definition) is 3. The van der Waals surface area contributed by atoms with Crippen molar-refractivity contribution in [1.29, 1.82) is 0 Å². The number of ether oxygens (including phenoxy) is 1. The van der Waals surface area contributed by atoms with E-state index in [9.17, 15) is 0 Å². The zero-order chi connectivity index (χ0) is 13.2. The number of pyridine rings is 1. The molecule has 1 aromatic carbocycles. The first-order valence-electron chi connectivity index (χ1n) is 6.72. The van der Waals surface area contributed by atoms with Gasteiger partial charge in [-0.05, 0) is 55.8 Å². The third-order valence-corrected chi connectivity index (χ3v) is 2.85. The van der Waals surface area contributed by atoms with E-state index in [1.165, 1.54) is 5.56 Å². The molecular formula is C16H20N2O. The molecule has 0 atom stereocenters. The lowest BCUT2D eigenvalue weighted by molar-refractivity contribution is 0.308. The van der Waals surface area contributed by atoms with Gasteiger partial charge in [0.2, 0.25) is 0 Å². The molecule has 0 fully saturated rings. The average Bonchev–Trinajstić information content (AvgIpc) is 2.48. The quantitative estimate of drug-likeness (QED) is 0.737. The number of rotatable bonds is 8. The fraction of sp³-hybridized carbons (Fsp3) is 0.312. The van der Waals surface area contributed by atoms with E-state index in [2.05, 4.69) is 22.4 Å². The van der Waals surface area contributed by atoms with Crippen LogP contribution in [0, 0.1) is 0 Å². The van der Waals surface area contributed by atoms with Crippen molar-refractivity contribution in [3.05, 3.63) is 60.4 Å². The van der Waals surface area contributed by atoms with Crippen LogP contribution in [0.3, 0.4) is 0 Å². The van der Waals surface area contributed by atoms with Gasteiger partial charge in [-0.3, -0.25) is 4.98 Å². The molecule has 0 aliphatic heterocycles. The van der Waals surface area contributed by atoms with Crippen LogP contribution in [0.5, 0.6) is 5.75 Å². The fourth-order valence-corrected chi connectivity index (χ4v) is 1.81. The minimum Gasteiger partial charge on any atom is -0.494 e. The Morgan fingerprint density at radius 2 is 1.74 bits per heavy atom. The molecule has 0 spiro atoms. The summed E-state index contributed by atoms with van der Waals surface area (Å²) in [4.78, 5) is 4.01. The molecule has 0 unspecified atom stereocenters. The molecule has 0 saturated heterocycles. The zero-order valence-corrected chi connectivity index (χ0v) is 11.1. The van der Waals surface area contributed by atoms with Crippen molar-refractivity contribution in [2.45, 2.75) is 12.8 Å². The topological polar surface area (TPSA) is 34.1 Å². The molecule has 19 heavy (non-hydrogen) atoms. The van der Waals surface area contributed by atoms with Crippen LogP contribution in [0.25, 0.3) is 0 Å². The second-order valence-electron chi connectivity index (χ2n) is 4.37. The summed E-state index contributed by atoms with van der Waals surface area (Å²) in [6.07, 6.45) is 5.74. The molecule has 1 N–H and O–H groups in total. The number of benzene rings is 1. The molecule has 1 aromatic heterocycles. The summed E-state index contributed by atoms with van der Waals surface area (Å²) in [5, 5.41) is 3.42. The van der Waals surface area contributed by atoms with E-state index in [-0.39, 0.29) is 0 Å². The summed E-state index contributed by atoms with van der Waals surface area (Å²) < 4.78 is 5.62. The fourth-order valence-electron chi connectivity index (χ4n) is 1.81. The van der Waals surface area contributed by atoms with Crippen molar-refractivity contribution in [2.75, 3.05) is 19.7 Å². The third kappa shape index (κ3) is 5.53. The van der Waals surface area contributed by atoms with Gasteiger partial charge in [0.25, 0.3) is 0 Å². The molecule has 0 aliphatic carbocycles.